The van der Waals surface area contributed by atoms with E-state index in [1.165, 1.54) is 25.7 Å². The van der Waals surface area contributed by atoms with Gasteiger partial charge in [-0.3, -0.25) is 0 Å². The fraction of sp³-hybridized carbons (Fsp3) is 0.474. The molecule has 0 spiro atoms. The summed E-state index contributed by atoms with van der Waals surface area (Å²) in [6, 6.07) is 4.38. The summed E-state index contributed by atoms with van der Waals surface area (Å²) in [5.41, 5.74) is 1.19. The quantitative estimate of drug-likeness (QED) is 0.650. The molecule has 0 aromatic heterocycles. The first-order valence-electron chi connectivity index (χ1n) is 7.98. The van der Waals surface area contributed by atoms with E-state index in [0.717, 1.165) is 29.9 Å². The lowest BCUT2D eigenvalue weighted by Gasteiger charge is -2.32. The van der Waals surface area contributed by atoms with Gasteiger partial charge in [0.1, 0.15) is 0 Å². The Kier molecular flexibility index (Phi) is 4.23. The van der Waals surface area contributed by atoms with Gasteiger partial charge < -0.3 is 0 Å². The van der Waals surface area contributed by atoms with E-state index in [-0.39, 0.29) is 0 Å². The maximum atomic E-state index is 13.8. The van der Waals surface area contributed by atoms with Crippen molar-refractivity contribution in [3.8, 4) is 0 Å². The van der Waals surface area contributed by atoms with Gasteiger partial charge in [0.15, 0.2) is 11.6 Å². The molecule has 0 nitrogen and oxygen atoms in total. The number of rotatable bonds is 2. The molecule has 3 rings (SSSR count). The molecule has 0 N–H and O–H groups in total. The maximum absolute atomic E-state index is 13.8. The van der Waals surface area contributed by atoms with Gasteiger partial charge in [0.2, 0.25) is 0 Å². The summed E-state index contributed by atoms with van der Waals surface area (Å²) >= 11 is 0. The van der Waals surface area contributed by atoms with Crippen LogP contribution >= 0.6 is 0 Å². The average molecular weight is 288 g/mol. The van der Waals surface area contributed by atoms with Crippen LogP contribution in [0.3, 0.4) is 0 Å². The zero-order valence-corrected chi connectivity index (χ0v) is 12.5. The van der Waals surface area contributed by atoms with Crippen molar-refractivity contribution in [1.82, 2.24) is 0 Å². The highest BCUT2D eigenvalue weighted by atomic mass is 19.2. The molecule has 1 fully saturated rings. The van der Waals surface area contributed by atoms with Crippen molar-refractivity contribution in [2.24, 2.45) is 17.8 Å². The predicted molar refractivity (Wildman–Crippen MR) is 82.7 cm³/mol. The zero-order valence-electron chi connectivity index (χ0n) is 12.5. The Bertz CT molecular complexity index is 563. The summed E-state index contributed by atoms with van der Waals surface area (Å²) in [7, 11) is 0. The van der Waals surface area contributed by atoms with Crippen LogP contribution in [0, 0.1) is 29.4 Å². The van der Waals surface area contributed by atoms with Crippen LogP contribution in [-0.2, 0) is 0 Å². The number of hydrogen-bond acceptors (Lipinski definition) is 0. The highest BCUT2D eigenvalue weighted by Gasteiger charge is 2.25. The summed E-state index contributed by atoms with van der Waals surface area (Å²) in [5.74, 6) is 0.676. The summed E-state index contributed by atoms with van der Waals surface area (Å²) in [6.45, 7) is 2.33. The molecule has 1 aromatic carbocycles. The molecule has 1 unspecified atom stereocenters. The van der Waals surface area contributed by atoms with Crippen LogP contribution in [-0.4, -0.2) is 0 Å². The monoisotopic (exact) mass is 288 g/mol. The minimum atomic E-state index is -0.773. The Hall–Kier alpha value is -1.44. The molecule has 0 aliphatic heterocycles. The highest BCUT2D eigenvalue weighted by Crippen LogP contribution is 2.38. The van der Waals surface area contributed by atoms with Crippen LogP contribution in [0.25, 0.3) is 5.57 Å². The molecular weight excluding hydrogens is 266 g/mol. The van der Waals surface area contributed by atoms with E-state index in [1.54, 1.807) is 12.1 Å². The van der Waals surface area contributed by atoms with E-state index >= 15 is 0 Å². The van der Waals surface area contributed by atoms with Gasteiger partial charge in [0.25, 0.3) is 0 Å². The Morgan fingerprint density at radius 1 is 1.05 bits per heavy atom. The van der Waals surface area contributed by atoms with Gasteiger partial charge in [-0.05, 0) is 48.7 Å². The second-order valence-corrected chi connectivity index (χ2v) is 6.54. The molecule has 2 aliphatic carbocycles. The Morgan fingerprint density at radius 2 is 1.81 bits per heavy atom. The molecule has 0 saturated heterocycles. The normalized spacial score (nSPS) is 29.3. The highest BCUT2D eigenvalue weighted by molar-refractivity contribution is 5.75. The largest absolute Gasteiger partial charge is 0.204 e. The SMILES string of the molecule is CC1CCC(C2C=CC(c3cccc(F)c3F)=CC2)CC1. The van der Waals surface area contributed by atoms with Gasteiger partial charge in [-0.25, -0.2) is 8.78 Å². The summed E-state index contributed by atoms with van der Waals surface area (Å²) in [5, 5.41) is 0. The fourth-order valence-corrected chi connectivity index (χ4v) is 3.63. The van der Waals surface area contributed by atoms with Gasteiger partial charge in [-0.1, -0.05) is 50.1 Å². The molecule has 0 heterocycles. The maximum Gasteiger partial charge on any atom is 0.166 e. The molecule has 112 valence electrons. The minimum Gasteiger partial charge on any atom is -0.204 e. The average Bonchev–Trinajstić information content (AvgIpc) is 2.51. The van der Waals surface area contributed by atoms with Crippen LogP contribution in [0.5, 0.6) is 0 Å². The molecule has 0 amide bonds. The topological polar surface area (TPSA) is 0 Å². The molecule has 2 aliphatic rings. The fourth-order valence-electron chi connectivity index (χ4n) is 3.63. The first kappa shape index (κ1) is 14.5. The zero-order chi connectivity index (χ0) is 14.8. The lowest BCUT2D eigenvalue weighted by Crippen LogP contribution is -2.20. The first-order valence-corrected chi connectivity index (χ1v) is 7.98. The minimum absolute atomic E-state index is 0.377. The van der Waals surface area contributed by atoms with Gasteiger partial charge in [-0.15, -0.1) is 0 Å². The Labute approximate surface area is 125 Å². The van der Waals surface area contributed by atoms with Crippen LogP contribution < -0.4 is 0 Å². The smallest absolute Gasteiger partial charge is 0.166 e. The van der Waals surface area contributed by atoms with Gasteiger partial charge in [0, 0.05) is 5.56 Å². The lowest BCUT2D eigenvalue weighted by molar-refractivity contribution is 0.240. The van der Waals surface area contributed by atoms with E-state index in [1.807, 2.05) is 6.08 Å². The van der Waals surface area contributed by atoms with Crippen molar-refractivity contribution in [2.75, 3.05) is 0 Å². The van der Waals surface area contributed by atoms with E-state index in [4.69, 9.17) is 0 Å². The van der Waals surface area contributed by atoms with Crippen molar-refractivity contribution < 1.29 is 8.78 Å². The van der Waals surface area contributed by atoms with Crippen molar-refractivity contribution >= 4 is 5.57 Å². The predicted octanol–water partition coefficient (Wildman–Crippen LogP) is 5.75. The van der Waals surface area contributed by atoms with Crippen molar-refractivity contribution in [3.63, 3.8) is 0 Å². The molecule has 21 heavy (non-hydrogen) atoms. The van der Waals surface area contributed by atoms with Crippen LogP contribution in [0.15, 0.2) is 36.4 Å². The van der Waals surface area contributed by atoms with Crippen LogP contribution in [0.1, 0.15) is 44.6 Å². The van der Waals surface area contributed by atoms with E-state index < -0.39 is 11.6 Å². The van der Waals surface area contributed by atoms with Crippen molar-refractivity contribution in [2.45, 2.75) is 39.0 Å². The third-order valence-corrected chi connectivity index (χ3v) is 5.06. The van der Waals surface area contributed by atoms with Crippen LogP contribution in [0.4, 0.5) is 8.78 Å². The van der Waals surface area contributed by atoms with E-state index in [0.29, 0.717) is 11.5 Å². The van der Waals surface area contributed by atoms with Crippen molar-refractivity contribution in [1.29, 1.82) is 0 Å². The number of halogens is 2. The molecule has 1 saturated carbocycles. The molecule has 2 heteroatoms. The Morgan fingerprint density at radius 3 is 2.48 bits per heavy atom. The Balaban J connectivity index is 1.70. The number of hydrogen-bond donors (Lipinski definition) is 0. The third kappa shape index (κ3) is 3.09. The summed E-state index contributed by atoms with van der Waals surface area (Å²) in [4.78, 5) is 0. The molecule has 0 bridgehead atoms. The number of benzene rings is 1. The molecule has 1 atom stereocenters. The van der Waals surface area contributed by atoms with Crippen molar-refractivity contribution in [3.05, 3.63) is 53.6 Å². The van der Waals surface area contributed by atoms with Gasteiger partial charge in [0.05, 0.1) is 0 Å². The second-order valence-electron chi connectivity index (χ2n) is 6.54. The second kappa shape index (κ2) is 6.13. The summed E-state index contributed by atoms with van der Waals surface area (Å²) < 4.78 is 27.1. The first-order chi connectivity index (χ1) is 10.1. The van der Waals surface area contributed by atoms with E-state index in [9.17, 15) is 8.78 Å². The van der Waals surface area contributed by atoms with E-state index in [2.05, 4.69) is 19.1 Å². The number of allylic oxidation sites excluding steroid dienone is 4. The summed E-state index contributed by atoms with van der Waals surface area (Å²) in [6.07, 6.45) is 12.4. The van der Waals surface area contributed by atoms with Crippen LogP contribution in [0.2, 0.25) is 0 Å². The van der Waals surface area contributed by atoms with Gasteiger partial charge >= 0.3 is 0 Å². The lowest BCUT2D eigenvalue weighted by atomic mass is 9.74. The molecular formula is C19H22F2. The molecule has 0 radical (unpaired) electrons. The molecule has 1 aromatic rings. The third-order valence-electron chi connectivity index (χ3n) is 5.06. The standard InChI is InChI=1S/C19H22F2/c1-13-5-7-14(8-6-13)15-9-11-16(12-10-15)17-3-2-4-18(20)19(17)21/h2-4,9,11-15H,5-8,10H2,1H3. The van der Waals surface area contributed by atoms with Gasteiger partial charge in [-0.2, -0.15) is 0 Å².